The lowest BCUT2D eigenvalue weighted by molar-refractivity contribution is -0.224. The van der Waals surface area contributed by atoms with E-state index in [9.17, 15) is 27.6 Å². The molecule has 5 atom stereocenters. The number of likely N-dealkylation sites (tertiary alicyclic amines) is 1. The highest BCUT2D eigenvalue weighted by Gasteiger charge is 2.80. The van der Waals surface area contributed by atoms with E-state index in [1.807, 2.05) is 13.1 Å². The van der Waals surface area contributed by atoms with Crippen molar-refractivity contribution in [3.8, 4) is 11.5 Å². The van der Waals surface area contributed by atoms with Gasteiger partial charge in [0.25, 0.3) is 0 Å². The van der Waals surface area contributed by atoms with Crippen molar-refractivity contribution in [2.45, 2.75) is 60.0 Å². The number of esters is 2. The highest BCUT2D eigenvalue weighted by atomic mass is 32.2. The SMILES string of the molecule is COC1=CC23C[C@]4(CC1=O)c1c(ccc(OC(C)=O)c1OC(C)=O)[C@@H](Sc1ccc(C(F)(F)F)cc1)[C@@H](C24)N3C. The van der Waals surface area contributed by atoms with Gasteiger partial charge in [-0.15, -0.1) is 11.8 Å². The van der Waals surface area contributed by atoms with E-state index < -0.39 is 34.6 Å². The number of hydrogen-bond donors (Lipinski definition) is 0. The smallest absolute Gasteiger partial charge is 0.416 e. The molecule has 2 aromatic rings. The summed E-state index contributed by atoms with van der Waals surface area (Å²) in [7, 11) is 3.44. The second kappa shape index (κ2) is 8.84. The van der Waals surface area contributed by atoms with Crippen LogP contribution in [-0.2, 0) is 30.7 Å². The molecule has 11 heteroatoms. The largest absolute Gasteiger partial charge is 0.493 e. The standard InChI is InChI=1S/C29H26F3NO6S/c1-14(34)38-20-10-9-18-22(24(20)39-15(2)35)27-11-19(36)21(37-4)12-28(13-27)26(27)23(33(28)3)25(18)40-17-7-5-16(6-8-17)29(30,31)32/h5-10,12,23,25-26H,11,13H2,1-4H3/t23-,25+,26?,27+,28?/m0/s1. The van der Waals surface area contributed by atoms with Crippen LogP contribution in [0, 0.1) is 5.92 Å². The van der Waals surface area contributed by atoms with E-state index in [0.29, 0.717) is 16.9 Å². The van der Waals surface area contributed by atoms with E-state index in [0.717, 1.165) is 17.7 Å². The topological polar surface area (TPSA) is 82.1 Å². The molecule has 2 fully saturated rings. The van der Waals surface area contributed by atoms with Crippen LogP contribution in [0.5, 0.6) is 11.5 Å². The maximum Gasteiger partial charge on any atom is 0.416 e. The maximum atomic E-state index is 13.4. The molecule has 0 radical (unpaired) electrons. The molecule has 40 heavy (non-hydrogen) atoms. The fourth-order valence-corrected chi connectivity index (χ4v) is 8.82. The third-order valence-corrected chi connectivity index (χ3v) is 10.1. The molecule has 1 aliphatic heterocycles. The van der Waals surface area contributed by atoms with Crippen molar-refractivity contribution >= 4 is 29.5 Å². The number of rotatable bonds is 5. The molecule has 1 heterocycles. The number of allylic oxidation sites excluding steroid dienone is 1. The molecule has 0 aromatic heterocycles. The van der Waals surface area contributed by atoms with E-state index in [2.05, 4.69) is 4.90 Å². The molecular formula is C29H26F3NO6S. The van der Waals surface area contributed by atoms with Gasteiger partial charge in [-0.1, -0.05) is 6.07 Å². The minimum atomic E-state index is -4.45. The lowest BCUT2D eigenvalue weighted by Gasteiger charge is -2.79. The van der Waals surface area contributed by atoms with Gasteiger partial charge >= 0.3 is 18.1 Å². The molecule has 5 aliphatic rings. The van der Waals surface area contributed by atoms with Gasteiger partial charge in [-0.25, -0.2) is 0 Å². The summed E-state index contributed by atoms with van der Waals surface area (Å²) in [6, 6.07) is 8.32. The first-order chi connectivity index (χ1) is 18.8. The van der Waals surface area contributed by atoms with Gasteiger partial charge in [-0.3, -0.25) is 19.3 Å². The summed E-state index contributed by atoms with van der Waals surface area (Å²) in [4.78, 5) is 40.5. The molecule has 2 spiro atoms. The summed E-state index contributed by atoms with van der Waals surface area (Å²) in [5.74, 6) is -0.991. The predicted octanol–water partition coefficient (Wildman–Crippen LogP) is 5.22. The number of piperidine rings is 1. The van der Waals surface area contributed by atoms with E-state index in [4.69, 9.17) is 14.2 Å². The summed E-state index contributed by atoms with van der Waals surface area (Å²) in [6.45, 7) is 2.49. The van der Waals surface area contributed by atoms with Gasteiger partial charge in [0.15, 0.2) is 23.0 Å². The average molecular weight is 574 g/mol. The first-order valence-corrected chi connectivity index (χ1v) is 13.6. The number of benzene rings is 2. The number of nitrogens with zero attached hydrogens (tertiary/aromatic N) is 1. The maximum absolute atomic E-state index is 13.4. The average Bonchev–Trinajstić information content (AvgIpc) is 3.06. The molecular weight excluding hydrogens is 547 g/mol. The first kappa shape index (κ1) is 26.9. The fraction of sp³-hybridized carbons (Fsp3) is 0.414. The Morgan fingerprint density at radius 3 is 2.33 bits per heavy atom. The van der Waals surface area contributed by atoms with Crippen LogP contribution in [0.3, 0.4) is 0 Å². The number of carbonyl (C=O) groups is 3. The van der Waals surface area contributed by atoms with E-state index in [1.165, 1.54) is 44.9 Å². The third-order valence-electron chi connectivity index (χ3n) is 8.74. The highest BCUT2D eigenvalue weighted by molar-refractivity contribution is 7.99. The van der Waals surface area contributed by atoms with Crippen molar-refractivity contribution in [2.24, 2.45) is 5.92 Å². The van der Waals surface area contributed by atoms with Crippen molar-refractivity contribution < 1.29 is 41.8 Å². The van der Waals surface area contributed by atoms with Crippen molar-refractivity contribution in [3.05, 3.63) is 64.9 Å². The summed E-state index contributed by atoms with van der Waals surface area (Å²) in [6.07, 6.45) is -1.88. The Morgan fingerprint density at radius 2 is 1.73 bits per heavy atom. The zero-order chi connectivity index (χ0) is 28.8. The molecule has 7 rings (SSSR count). The molecule has 1 saturated heterocycles. The van der Waals surface area contributed by atoms with Crippen LogP contribution in [0.15, 0.2) is 53.1 Å². The van der Waals surface area contributed by atoms with Crippen LogP contribution in [-0.4, -0.2) is 48.4 Å². The Morgan fingerprint density at radius 1 is 1.05 bits per heavy atom. The number of alkyl halides is 3. The van der Waals surface area contributed by atoms with Crippen molar-refractivity contribution in [2.75, 3.05) is 14.2 Å². The van der Waals surface area contributed by atoms with Crippen LogP contribution in [0.1, 0.15) is 48.6 Å². The predicted molar refractivity (Wildman–Crippen MR) is 138 cm³/mol. The van der Waals surface area contributed by atoms with Gasteiger partial charge in [0.05, 0.1) is 17.9 Å². The number of halogens is 3. The highest BCUT2D eigenvalue weighted by Crippen LogP contribution is 2.77. The second-order valence-electron chi connectivity index (χ2n) is 10.8. The van der Waals surface area contributed by atoms with Gasteiger partial charge in [-0.05, 0) is 55.4 Å². The van der Waals surface area contributed by atoms with Crippen molar-refractivity contribution in [3.63, 3.8) is 0 Å². The number of Topliss-reactive ketones (excluding diaryl/α,β-unsaturated/α-hetero) is 1. The Hall–Kier alpha value is -3.31. The Labute approximate surface area is 232 Å². The third kappa shape index (κ3) is 3.66. The van der Waals surface area contributed by atoms with Gasteiger partial charge in [0, 0.05) is 53.6 Å². The summed E-state index contributed by atoms with van der Waals surface area (Å²) in [5.41, 5.74) is -0.493. The Balaban J connectivity index is 1.54. The Kier molecular flexibility index (Phi) is 5.94. The zero-order valence-corrected chi connectivity index (χ0v) is 22.9. The molecule has 210 valence electrons. The molecule has 4 aliphatic carbocycles. The first-order valence-electron chi connectivity index (χ1n) is 12.7. The van der Waals surface area contributed by atoms with Gasteiger partial charge in [-0.2, -0.15) is 13.2 Å². The summed E-state index contributed by atoms with van der Waals surface area (Å²) in [5, 5.41) is -0.281. The normalized spacial score (nSPS) is 30.0. The number of thioether (sulfide) groups is 1. The number of ether oxygens (including phenoxy) is 3. The van der Waals surface area contributed by atoms with Crippen molar-refractivity contribution in [1.29, 1.82) is 0 Å². The molecule has 2 unspecified atom stereocenters. The minimum absolute atomic E-state index is 0.0667. The minimum Gasteiger partial charge on any atom is -0.493 e. The van der Waals surface area contributed by atoms with Crippen LogP contribution >= 0.6 is 11.8 Å². The van der Waals surface area contributed by atoms with Crippen LogP contribution in [0.2, 0.25) is 0 Å². The number of fused-ring (bicyclic) bond motifs is 3. The van der Waals surface area contributed by atoms with Crippen LogP contribution in [0.25, 0.3) is 0 Å². The van der Waals surface area contributed by atoms with Crippen LogP contribution < -0.4 is 9.47 Å². The lowest BCUT2D eigenvalue weighted by Crippen LogP contribution is -2.86. The molecule has 2 aromatic carbocycles. The zero-order valence-electron chi connectivity index (χ0n) is 22.1. The summed E-state index contributed by atoms with van der Waals surface area (Å²) < 4.78 is 56.2. The van der Waals surface area contributed by atoms with Crippen LogP contribution in [0.4, 0.5) is 13.2 Å². The second-order valence-corrected chi connectivity index (χ2v) is 12.0. The Bertz CT molecular complexity index is 1490. The van der Waals surface area contributed by atoms with E-state index >= 15 is 0 Å². The lowest BCUT2D eigenvalue weighted by atomic mass is 9.36. The van der Waals surface area contributed by atoms with Gasteiger partial charge in [0.2, 0.25) is 0 Å². The quantitative estimate of drug-likeness (QED) is 0.356. The molecule has 7 nitrogen and oxygen atoms in total. The molecule has 1 saturated carbocycles. The van der Waals surface area contributed by atoms with Gasteiger partial charge in [0.1, 0.15) is 0 Å². The number of hydrogen-bond acceptors (Lipinski definition) is 8. The summed E-state index contributed by atoms with van der Waals surface area (Å²) >= 11 is 1.42. The fourth-order valence-electron chi connectivity index (χ4n) is 7.43. The van der Waals surface area contributed by atoms with Gasteiger partial charge < -0.3 is 14.2 Å². The number of ketones is 1. The van der Waals surface area contributed by atoms with E-state index in [1.54, 1.807) is 12.1 Å². The molecule has 0 N–H and O–H groups in total. The van der Waals surface area contributed by atoms with E-state index in [-0.39, 0.29) is 46.7 Å². The molecule has 0 amide bonds. The van der Waals surface area contributed by atoms with Crippen molar-refractivity contribution in [1.82, 2.24) is 4.90 Å². The number of likely N-dealkylation sites (N-methyl/N-ethyl adjacent to an activating group) is 1. The monoisotopic (exact) mass is 573 g/mol. The number of methoxy groups -OCH3 is 1. The molecule has 2 bridgehead atoms. The number of carbonyl (C=O) groups excluding carboxylic acids is 3.